The average molecular weight is 227 g/mol. The number of carbonyl (C=O) groups is 1. The first-order chi connectivity index (χ1) is 8.25. The van der Waals surface area contributed by atoms with Crippen molar-refractivity contribution in [2.24, 2.45) is 0 Å². The Labute approximate surface area is 99.4 Å². The van der Waals surface area contributed by atoms with Crippen LogP contribution < -0.4 is 5.32 Å². The van der Waals surface area contributed by atoms with E-state index in [0.29, 0.717) is 6.61 Å². The summed E-state index contributed by atoms with van der Waals surface area (Å²) in [6.07, 6.45) is -0.334. The minimum atomic E-state index is -0.334. The third-order valence-electron chi connectivity index (χ3n) is 3.22. The van der Waals surface area contributed by atoms with Gasteiger partial charge in [-0.05, 0) is 28.8 Å². The molecular weight excluding hydrogens is 214 g/mol. The van der Waals surface area contributed by atoms with Crippen LogP contribution in [-0.4, -0.2) is 12.7 Å². The Kier molecular flexibility index (Phi) is 2.25. The maximum absolute atomic E-state index is 11.1. The molecule has 3 nitrogen and oxygen atoms in total. The number of aryl methyl sites for hydroxylation is 1. The van der Waals surface area contributed by atoms with Gasteiger partial charge < -0.3 is 10.1 Å². The van der Waals surface area contributed by atoms with Crippen LogP contribution in [0.25, 0.3) is 10.8 Å². The van der Waals surface area contributed by atoms with Gasteiger partial charge in [-0.25, -0.2) is 4.79 Å². The highest BCUT2D eigenvalue weighted by Crippen LogP contribution is 2.28. The van der Waals surface area contributed by atoms with Crippen molar-refractivity contribution in [2.75, 3.05) is 6.61 Å². The maximum Gasteiger partial charge on any atom is 0.407 e. The molecule has 3 heteroatoms. The van der Waals surface area contributed by atoms with Gasteiger partial charge in [0.15, 0.2) is 0 Å². The van der Waals surface area contributed by atoms with E-state index in [9.17, 15) is 4.79 Å². The number of fused-ring (bicyclic) bond motifs is 1. The van der Waals surface area contributed by atoms with E-state index in [4.69, 9.17) is 4.74 Å². The van der Waals surface area contributed by atoms with Crippen LogP contribution in [0.3, 0.4) is 0 Å². The molecule has 0 aliphatic carbocycles. The van der Waals surface area contributed by atoms with Gasteiger partial charge in [0.05, 0.1) is 6.04 Å². The van der Waals surface area contributed by atoms with E-state index in [1.807, 2.05) is 12.1 Å². The molecule has 0 radical (unpaired) electrons. The Hall–Kier alpha value is -2.03. The number of hydrogen-bond donors (Lipinski definition) is 1. The van der Waals surface area contributed by atoms with Crippen molar-refractivity contribution in [3.63, 3.8) is 0 Å². The van der Waals surface area contributed by atoms with Crippen LogP contribution in [0, 0.1) is 6.92 Å². The lowest BCUT2D eigenvalue weighted by atomic mass is 9.96. The first kappa shape index (κ1) is 10.1. The lowest BCUT2D eigenvalue weighted by Crippen LogP contribution is -2.18. The maximum atomic E-state index is 11.1. The van der Waals surface area contributed by atoms with E-state index in [2.05, 4.69) is 36.5 Å². The second kappa shape index (κ2) is 3.77. The summed E-state index contributed by atoms with van der Waals surface area (Å²) in [5.41, 5.74) is 2.37. The highest BCUT2D eigenvalue weighted by molar-refractivity contribution is 5.89. The zero-order chi connectivity index (χ0) is 11.8. The third-order valence-corrected chi connectivity index (χ3v) is 3.22. The predicted molar refractivity (Wildman–Crippen MR) is 65.9 cm³/mol. The number of rotatable bonds is 1. The Morgan fingerprint density at radius 2 is 1.94 bits per heavy atom. The Morgan fingerprint density at radius 1 is 1.18 bits per heavy atom. The second-order valence-electron chi connectivity index (χ2n) is 4.31. The fourth-order valence-corrected chi connectivity index (χ4v) is 2.33. The molecule has 1 fully saturated rings. The SMILES string of the molecule is Cc1ccc(C2COC(=O)N2)c2ccccc12. The summed E-state index contributed by atoms with van der Waals surface area (Å²) < 4.78 is 4.95. The third kappa shape index (κ3) is 1.64. The molecule has 1 aliphatic rings. The molecule has 0 spiro atoms. The van der Waals surface area contributed by atoms with Gasteiger partial charge in [-0.2, -0.15) is 0 Å². The first-order valence-corrected chi connectivity index (χ1v) is 5.67. The standard InChI is InChI=1S/C14H13NO2/c1-9-6-7-12(13-8-17-14(16)15-13)11-5-3-2-4-10(9)11/h2-7,13H,8H2,1H3,(H,15,16). The molecule has 2 aromatic rings. The summed E-state index contributed by atoms with van der Waals surface area (Å²) in [4.78, 5) is 11.1. The van der Waals surface area contributed by atoms with Crippen LogP contribution in [-0.2, 0) is 4.74 Å². The second-order valence-corrected chi connectivity index (χ2v) is 4.31. The molecule has 1 unspecified atom stereocenters. The largest absolute Gasteiger partial charge is 0.447 e. The van der Waals surface area contributed by atoms with E-state index in [-0.39, 0.29) is 12.1 Å². The molecule has 1 N–H and O–H groups in total. The number of hydrogen-bond acceptors (Lipinski definition) is 2. The number of carbonyl (C=O) groups excluding carboxylic acids is 1. The minimum absolute atomic E-state index is 0.0343. The Balaban J connectivity index is 2.17. The predicted octanol–water partition coefficient (Wildman–Crippen LogP) is 2.93. The minimum Gasteiger partial charge on any atom is -0.447 e. The van der Waals surface area contributed by atoms with Crippen molar-refractivity contribution in [1.29, 1.82) is 0 Å². The summed E-state index contributed by atoms with van der Waals surface area (Å²) >= 11 is 0. The first-order valence-electron chi connectivity index (χ1n) is 5.67. The molecular formula is C14H13NO2. The van der Waals surface area contributed by atoms with Gasteiger partial charge >= 0.3 is 6.09 Å². The van der Waals surface area contributed by atoms with Gasteiger partial charge in [0.1, 0.15) is 6.61 Å². The molecule has 86 valence electrons. The summed E-state index contributed by atoms with van der Waals surface area (Å²) in [6, 6.07) is 12.4. The molecule has 0 aromatic heterocycles. The van der Waals surface area contributed by atoms with Gasteiger partial charge in [0, 0.05) is 0 Å². The summed E-state index contributed by atoms with van der Waals surface area (Å²) in [7, 11) is 0. The monoisotopic (exact) mass is 227 g/mol. The summed E-state index contributed by atoms with van der Waals surface area (Å²) in [5, 5.41) is 5.23. The molecule has 0 bridgehead atoms. The quantitative estimate of drug-likeness (QED) is 0.813. The van der Waals surface area contributed by atoms with Gasteiger partial charge in [0.25, 0.3) is 0 Å². The molecule has 3 rings (SSSR count). The van der Waals surface area contributed by atoms with Crippen LogP contribution in [0.5, 0.6) is 0 Å². The lowest BCUT2D eigenvalue weighted by Gasteiger charge is -2.12. The van der Waals surface area contributed by atoms with Crippen molar-refractivity contribution >= 4 is 16.9 Å². The zero-order valence-electron chi connectivity index (χ0n) is 9.57. The van der Waals surface area contributed by atoms with Crippen LogP contribution >= 0.6 is 0 Å². The van der Waals surface area contributed by atoms with E-state index in [0.717, 1.165) is 5.56 Å². The van der Waals surface area contributed by atoms with Crippen LogP contribution in [0.2, 0.25) is 0 Å². The molecule has 1 saturated heterocycles. The van der Waals surface area contributed by atoms with Gasteiger partial charge in [-0.3, -0.25) is 0 Å². The van der Waals surface area contributed by atoms with E-state index < -0.39 is 0 Å². The number of benzene rings is 2. The highest BCUT2D eigenvalue weighted by Gasteiger charge is 2.25. The topological polar surface area (TPSA) is 38.3 Å². The highest BCUT2D eigenvalue weighted by atomic mass is 16.6. The van der Waals surface area contributed by atoms with Crippen molar-refractivity contribution in [1.82, 2.24) is 5.32 Å². The summed E-state index contributed by atoms with van der Waals surface area (Å²) in [6.45, 7) is 2.50. The molecule has 1 atom stereocenters. The van der Waals surface area contributed by atoms with Crippen LogP contribution in [0.15, 0.2) is 36.4 Å². The van der Waals surface area contributed by atoms with Crippen molar-refractivity contribution in [3.8, 4) is 0 Å². The van der Waals surface area contributed by atoms with E-state index >= 15 is 0 Å². The number of nitrogens with one attached hydrogen (secondary N) is 1. The normalized spacial score (nSPS) is 19.1. The zero-order valence-corrected chi connectivity index (χ0v) is 9.57. The molecule has 1 amide bonds. The lowest BCUT2D eigenvalue weighted by molar-refractivity contribution is 0.177. The number of ether oxygens (including phenoxy) is 1. The van der Waals surface area contributed by atoms with Gasteiger partial charge in [-0.15, -0.1) is 0 Å². The van der Waals surface area contributed by atoms with Crippen molar-refractivity contribution in [3.05, 3.63) is 47.5 Å². The number of cyclic esters (lactones) is 1. The Morgan fingerprint density at radius 3 is 2.65 bits per heavy atom. The molecule has 0 saturated carbocycles. The number of amides is 1. The average Bonchev–Trinajstić information content (AvgIpc) is 2.77. The van der Waals surface area contributed by atoms with E-state index in [1.165, 1.54) is 16.3 Å². The van der Waals surface area contributed by atoms with Crippen molar-refractivity contribution in [2.45, 2.75) is 13.0 Å². The fraction of sp³-hybridized carbons (Fsp3) is 0.214. The van der Waals surface area contributed by atoms with Crippen LogP contribution in [0.1, 0.15) is 17.2 Å². The number of alkyl carbamates (subject to hydrolysis) is 1. The fourth-order valence-electron chi connectivity index (χ4n) is 2.33. The van der Waals surface area contributed by atoms with E-state index in [1.54, 1.807) is 0 Å². The smallest absolute Gasteiger partial charge is 0.407 e. The molecule has 1 heterocycles. The van der Waals surface area contributed by atoms with Crippen molar-refractivity contribution < 1.29 is 9.53 Å². The van der Waals surface area contributed by atoms with Crippen LogP contribution in [0.4, 0.5) is 4.79 Å². The van der Waals surface area contributed by atoms with Gasteiger partial charge in [-0.1, -0.05) is 36.4 Å². The van der Waals surface area contributed by atoms with Gasteiger partial charge in [0.2, 0.25) is 0 Å². The molecule has 2 aromatic carbocycles. The molecule has 17 heavy (non-hydrogen) atoms. The summed E-state index contributed by atoms with van der Waals surface area (Å²) in [5.74, 6) is 0. The Bertz CT molecular complexity index is 592. The molecule has 1 aliphatic heterocycles.